The Labute approximate surface area is 277 Å². The van der Waals surface area contributed by atoms with E-state index in [4.69, 9.17) is 4.74 Å². The standard InChI is InChI=1S/C37H29N2OPS2.Os/c1-4-15-34-36-37(39-43-38-36)35(42-34)23-22-29(24-30-26-40-25-28(30)5-2)27(3)41(31-16-9-6-10-17-31,32-18-11-7-12-19-32)33-20-13-8-14-21-33;/h4-21,24H,25-26H2,1-2H3;/q+1;/b15-4+,28-5?,29-27?,30-24?;. The van der Waals surface area contributed by atoms with E-state index in [1.807, 2.05) is 13.0 Å². The van der Waals surface area contributed by atoms with Crippen LogP contribution in [0.25, 0.3) is 6.08 Å². The van der Waals surface area contributed by atoms with E-state index in [0.717, 1.165) is 37.6 Å². The van der Waals surface area contributed by atoms with Crippen LogP contribution in [-0.4, -0.2) is 13.2 Å². The number of allylic oxidation sites excluding steroid dienone is 5. The van der Waals surface area contributed by atoms with Crippen molar-refractivity contribution in [2.75, 3.05) is 13.2 Å². The number of hydrogen-bond donors (Lipinski definition) is 0. The molecule has 0 radical (unpaired) electrons. The van der Waals surface area contributed by atoms with Gasteiger partial charge in [0.15, 0.2) is 0 Å². The summed E-state index contributed by atoms with van der Waals surface area (Å²) in [4.78, 5) is 2.01. The quantitative estimate of drug-likeness (QED) is 0.125. The first-order valence-electron chi connectivity index (χ1n) is 14.2. The molecule has 0 N–H and O–H groups in total. The van der Waals surface area contributed by atoms with Gasteiger partial charge in [0.05, 0.1) is 0 Å². The average molecular weight is 803 g/mol. The molecule has 4 aromatic rings. The van der Waals surface area contributed by atoms with Crippen molar-refractivity contribution in [2.45, 2.75) is 13.8 Å². The summed E-state index contributed by atoms with van der Waals surface area (Å²) in [6, 6.07) is 32.6. The van der Waals surface area contributed by atoms with Crippen molar-refractivity contribution in [3.63, 3.8) is 0 Å². The third-order valence-corrected chi connectivity index (χ3v) is 14.4. The third-order valence-electron chi connectivity index (χ3n) is 7.48. The second-order valence-electron chi connectivity index (χ2n) is 10.0. The van der Waals surface area contributed by atoms with Crippen LogP contribution in [0.2, 0.25) is 0 Å². The van der Waals surface area contributed by atoms with Crippen LogP contribution < -0.4 is 15.9 Å². The third kappa shape index (κ3) is 5.82. The van der Waals surface area contributed by atoms with Gasteiger partial charge in [-0.3, -0.25) is 0 Å². The van der Waals surface area contributed by atoms with Gasteiger partial charge in [0.25, 0.3) is 0 Å². The summed E-state index contributed by atoms with van der Waals surface area (Å²) in [6.07, 6.45) is 8.51. The molecule has 2 aliphatic rings. The molecular weight excluding hydrogens is 774 g/mol. The van der Waals surface area contributed by atoms with Crippen molar-refractivity contribution in [3.8, 4) is 16.2 Å². The minimum atomic E-state index is -2.43. The van der Waals surface area contributed by atoms with Crippen molar-refractivity contribution in [1.82, 2.24) is 0 Å². The van der Waals surface area contributed by atoms with Crippen molar-refractivity contribution in [2.24, 2.45) is 8.73 Å². The molecule has 1 fully saturated rings. The fraction of sp³-hybridized carbons (Fsp3) is 0.108. The van der Waals surface area contributed by atoms with E-state index in [1.165, 1.54) is 32.8 Å². The van der Waals surface area contributed by atoms with Crippen LogP contribution in [0, 0.1) is 16.2 Å². The van der Waals surface area contributed by atoms with E-state index in [0.29, 0.717) is 13.2 Å². The Morgan fingerprint density at radius 2 is 1.39 bits per heavy atom. The summed E-state index contributed by atoms with van der Waals surface area (Å²) < 4.78 is 18.9. The fourth-order valence-electron chi connectivity index (χ4n) is 5.45. The molecule has 0 unspecified atom stereocenters. The zero-order valence-electron chi connectivity index (χ0n) is 24.3. The van der Waals surface area contributed by atoms with Crippen molar-refractivity contribution >= 4 is 63.3 Å². The summed E-state index contributed by atoms with van der Waals surface area (Å²) in [5, 5.41) is 4.89. The Kier molecular flexibility index (Phi) is 9.77. The van der Waals surface area contributed by atoms with Gasteiger partial charge in [0.1, 0.15) is 0 Å². The summed E-state index contributed by atoms with van der Waals surface area (Å²) in [6.45, 7) is 5.26. The van der Waals surface area contributed by atoms with Gasteiger partial charge in [0, 0.05) is 0 Å². The monoisotopic (exact) mass is 804 g/mol. The molecule has 3 aromatic carbocycles. The van der Waals surface area contributed by atoms with Gasteiger partial charge in [-0.05, 0) is 0 Å². The molecule has 1 aromatic heterocycles. The first kappa shape index (κ1) is 30.5. The van der Waals surface area contributed by atoms with Crippen molar-refractivity contribution in [3.05, 3.63) is 141 Å². The van der Waals surface area contributed by atoms with E-state index in [-0.39, 0.29) is 0 Å². The molecular formula is C37H29N2OOsPS2+. The molecule has 3 heterocycles. The summed E-state index contributed by atoms with van der Waals surface area (Å²) in [7, 11) is -2.43. The number of rotatable bonds is 6. The molecule has 3 nitrogen and oxygen atoms in total. The van der Waals surface area contributed by atoms with Crippen LogP contribution in [0.4, 0.5) is 11.4 Å². The van der Waals surface area contributed by atoms with E-state index < -0.39 is 7.26 Å². The van der Waals surface area contributed by atoms with Crippen LogP contribution in [0.5, 0.6) is 0 Å². The van der Waals surface area contributed by atoms with Crippen molar-refractivity contribution < 1.29 is 22.7 Å². The van der Waals surface area contributed by atoms with E-state index >= 15 is 0 Å². The summed E-state index contributed by atoms with van der Waals surface area (Å²) in [5.74, 6) is 7.23. The Morgan fingerprint density at radius 1 is 0.818 bits per heavy atom. The van der Waals surface area contributed by atoms with Crippen LogP contribution in [0.15, 0.2) is 140 Å². The number of nitrogens with zero attached hydrogens (tertiary/aromatic N) is 2. The topological polar surface area (TPSA) is 34.0 Å². The van der Waals surface area contributed by atoms with Gasteiger partial charge in [-0.15, -0.1) is 0 Å². The number of ether oxygens (including phenoxy) is 1. The molecule has 6 rings (SSSR count). The van der Waals surface area contributed by atoms with E-state index in [2.05, 4.69) is 141 Å². The maximum atomic E-state index is 5.92. The molecule has 0 bridgehead atoms. The molecule has 217 valence electrons. The molecule has 0 amide bonds. The molecule has 0 saturated carbocycles. The Bertz CT molecular complexity index is 1900. The van der Waals surface area contributed by atoms with Crippen LogP contribution in [0.3, 0.4) is 0 Å². The van der Waals surface area contributed by atoms with Gasteiger partial charge in [-0.2, -0.15) is 0 Å². The number of fused-ring (bicyclic) bond motifs is 1. The summed E-state index contributed by atoms with van der Waals surface area (Å²) >= 11 is 4.65. The van der Waals surface area contributed by atoms with Crippen molar-refractivity contribution in [1.29, 1.82) is 0 Å². The number of thiophene rings is 1. The predicted molar refractivity (Wildman–Crippen MR) is 186 cm³/mol. The molecule has 7 heteroatoms. The van der Waals surface area contributed by atoms with Gasteiger partial charge in [-0.25, -0.2) is 0 Å². The molecule has 0 aliphatic carbocycles. The predicted octanol–water partition coefficient (Wildman–Crippen LogP) is 8.52. The van der Waals surface area contributed by atoms with Crippen LogP contribution in [-0.2, 0) is 34.0 Å². The Morgan fingerprint density at radius 3 is 1.93 bits per heavy atom. The Balaban J connectivity index is 1.71. The number of benzene rings is 3. The Hall–Kier alpha value is -3.49. The van der Waals surface area contributed by atoms with Gasteiger partial charge in [-0.1, -0.05) is 0 Å². The molecule has 0 atom stereocenters. The minimum absolute atomic E-state index is 0.558. The average Bonchev–Trinajstić information content (AvgIpc) is 3.82. The summed E-state index contributed by atoms with van der Waals surface area (Å²) in [5.41, 5.74) is 5.09. The van der Waals surface area contributed by atoms with Gasteiger partial charge in [0.2, 0.25) is 0 Å². The second kappa shape index (κ2) is 14.1. The molecule has 1 saturated heterocycles. The number of hydrogen-bond acceptors (Lipinski definition) is 4. The normalized spacial score (nSPS) is 16.4. The molecule has 44 heavy (non-hydrogen) atoms. The SMILES string of the molecule is CC=C1COCC1=CC(C#Cc1sc(/C=C/C)c2c1N=S=N2)=C([C]#[Os])[P+](c1ccccc1)(c1ccccc1)c1ccccc1. The van der Waals surface area contributed by atoms with E-state index in [9.17, 15) is 0 Å². The zero-order valence-corrected chi connectivity index (χ0v) is 29.4. The van der Waals surface area contributed by atoms with Gasteiger partial charge < -0.3 is 0 Å². The maximum absolute atomic E-state index is 5.92. The van der Waals surface area contributed by atoms with Gasteiger partial charge >= 0.3 is 279 Å². The van der Waals surface area contributed by atoms with E-state index in [1.54, 1.807) is 29.3 Å². The zero-order chi connectivity index (χ0) is 30.4. The molecule has 0 spiro atoms. The molecule has 2 aliphatic heterocycles. The van der Waals surface area contributed by atoms with Crippen LogP contribution >= 0.6 is 18.6 Å². The first-order chi connectivity index (χ1) is 21.7. The fourth-order valence-corrected chi connectivity index (χ4v) is 12.9. The second-order valence-corrected chi connectivity index (χ2v) is 15.6. The first-order valence-corrected chi connectivity index (χ1v) is 18.8. The van der Waals surface area contributed by atoms with Crippen LogP contribution in [0.1, 0.15) is 23.6 Å².